The van der Waals surface area contributed by atoms with Crippen LogP contribution >= 0.6 is 15.9 Å². The van der Waals surface area contributed by atoms with Crippen LogP contribution in [0.4, 0.5) is 8.78 Å². The molecule has 106 valence electrons. The van der Waals surface area contributed by atoms with Crippen molar-refractivity contribution in [3.05, 3.63) is 35.4 Å². The second-order valence-electron chi connectivity index (χ2n) is 5.24. The van der Waals surface area contributed by atoms with Gasteiger partial charge in [0.1, 0.15) is 0 Å². The zero-order chi connectivity index (χ0) is 14.5. The lowest BCUT2D eigenvalue weighted by atomic mass is 9.88. The standard InChI is InChI=1S/C14H18BrF2NO/c1-14(2,7-4-8-15)9-18-13(19)10-5-3-6-11(16)12(10)17/h3,5-6H,4,7-9H2,1-2H3,(H,18,19). The summed E-state index contributed by atoms with van der Waals surface area (Å²) in [6, 6.07) is 3.59. The highest BCUT2D eigenvalue weighted by Gasteiger charge is 2.20. The topological polar surface area (TPSA) is 29.1 Å². The van der Waals surface area contributed by atoms with Gasteiger partial charge in [0, 0.05) is 11.9 Å². The lowest BCUT2D eigenvalue weighted by molar-refractivity contribution is 0.0929. The van der Waals surface area contributed by atoms with Crippen molar-refractivity contribution in [1.29, 1.82) is 0 Å². The van der Waals surface area contributed by atoms with Gasteiger partial charge < -0.3 is 5.32 Å². The summed E-state index contributed by atoms with van der Waals surface area (Å²) in [5, 5.41) is 3.56. The average molecular weight is 334 g/mol. The lowest BCUT2D eigenvalue weighted by Gasteiger charge is -2.24. The molecule has 0 aliphatic carbocycles. The van der Waals surface area contributed by atoms with E-state index in [1.165, 1.54) is 12.1 Å². The number of hydrogen-bond acceptors (Lipinski definition) is 1. The molecule has 0 saturated heterocycles. The molecule has 0 saturated carbocycles. The number of carbonyl (C=O) groups excluding carboxylic acids is 1. The molecule has 0 unspecified atom stereocenters. The molecular weight excluding hydrogens is 316 g/mol. The van der Waals surface area contributed by atoms with Gasteiger partial charge >= 0.3 is 0 Å². The number of alkyl halides is 1. The summed E-state index contributed by atoms with van der Waals surface area (Å²) in [5.41, 5.74) is -0.330. The Balaban J connectivity index is 2.63. The Hall–Kier alpha value is -0.970. The van der Waals surface area contributed by atoms with Gasteiger partial charge in [0.15, 0.2) is 11.6 Å². The Kier molecular flexibility index (Phi) is 5.91. The molecule has 0 heterocycles. The summed E-state index contributed by atoms with van der Waals surface area (Å²) in [4.78, 5) is 11.8. The van der Waals surface area contributed by atoms with E-state index in [0.717, 1.165) is 24.2 Å². The predicted molar refractivity (Wildman–Crippen MR) is 75.5 cm³/mol. The fourth-order valence-corrected chi connectivity index (χ4v) is 2.01. The van der Waals surface area contributed by atoms with Gasteiger partial charge in [-0.05, 0) is 30.4 Å². The molecule has 0 bridgehead atoms. The molecule has 0 aliphatic rings. The van der Waals surface area contributed by atoms with Crippen LogP contribution in [-0.2, 0) is 0 Å². The number of nitrogens with one attached hydrogen (secondary N) is 1. The van der Waals surface area contributed by atoms with E-state index in [1.807, 2.05) is 13.8 Å². The van der Waals surface area contributed by atoms with Crippen molar-refractivity contribution in [2.75, 3.05) is 11.9 Å². The van der Waals surface area contributed by atoms with Crippen molar-refractivity contribution >= 4 is 21.8 Å². The first-order valence-electron chi connectivity index (χ1n) is 6.15. The fraction of sp³-hybridized carbons (Fsp3) is 0.500. The smallest absolute Gasteiger partial charge is 0.254 e. The molecule has 0 spiro atoms. The highest BCUT2D eigenvalue weighted by Crippen LogP contribution is 2.22. The second kappa shape index (κ2) is 6.98. The van der Waals surface area contributed by atoms with E-state index >= 15 is 0 Å². The minimum Gasteiger partial charge on any atom is -0.351 e. The zero-order valence-electron chi connectivity index (χ0n) is 11.1. The van der Waals surface area contributed by atoms with Gasteiger partial charge in [0.2, 0.25) is 0 Å². The molecule has 19 heavy (non-hydrogen) atoms. The molecule has 1 aromatic rings. The van der Waals surface area contributed by atoms with Crippen molar-refractivity contribution in [3.63, 3.8) is 0 Å². The second-order valence-corrected chi connectivity index (χ2v) is 6.03. The summed E-state index contributed by atoms with van der Waals surface area (Å²) in [6.45, 7) is 4.48. The molecule has 0 fully saturated rings. The predicted octanol–water partition coefficient (Wildman–Crippen LogP) is 3.90. The van der Waals surface area contributed by atoms with Gasteiger partial charge in [-0.25, -0.2) is 8.78 Å². The number of rotatable bonds is 6. The number of amides is 1. The quantitative estimate of drug-likeness (QED) is 0.786. The molecule has 1 amide bonds. The van der Waals surface area contributed by atoms with E-state index in [0.29, 0.717) is 6.54 Å². The summed E-state index contributed by atoms with van der Waals surface area (Å²) in [6.07, 6.45) is 1.93. The van der Waals surface area contributed by atoms with Crippen LogP contribution in [0.25, 0.3) is 0 Å². The summed E-state index contributed by atoms with van der Waals surface area (Å²) >= 11 is 3.36. The number of carbonyl (C=O) groups is 1. The first-order chi connectivity index (χ1) is 8.87. The van der Waals surface area contributed by atoms with Crippen LogP contribution in [0.15, 0.2) is 18.2 Å². The van der Waals surface area contributed by atoms with Gasteiger partial charge in [-0.15, -0.1) is 0 Å². The van der Waals surface area contributed by atoms with E-state index in [2.05, 4.69) is 21.2 Å². The van der Waals surface area contributed by atoms with Crippen molar-refractivity contribution in [1.82, 2.24) is 5.32 Å². The van der Waals surface area contributed by atoms with Crippen LogP contribution in [0.3, 0.4) is 0 Å². The Labute approximate surface area is 120 Å². The van der Waals surface area contributed by atoms with E-state index < -0.39 is 17.5 Å². The molecule has 1 aromatic carbocycles. The maximum absolute atomic E-state index is 13.4. The molecule has 0 atom stereocenters. The zero-order valence-corrected chi connectivity index (χ0v) is 12.7. The Morgan fingerprint density at radius 3 is 2.68 bits per heavy atom. The molecule has 5 heteroatoms. The van der Waals surface area contributed by atoms with E-state index in [-0.39, 0.29) is 11.0 Å². The van der Waals surface area contributed by atoms with E-state index in [9.17, 15) is 13.6 Å². The first kappa shape index (κ1) is 16.1. The molecule has 1 rings (SSSR count). The van der Waals surface area contributed by atoms with E-state index in [1.54, 1.807) is 0 Å². The van der Waals surface area contributed by atoms with Crippen LogP contribution in [0.1, 0.15) is 37.0 Å². The Morgan fingerprint density at radius 2 is 2.05 bits per heavy atom. The van der Waals surface area contributed by atoms with Gasteiger partial charge in [-0.3, -0.25) is 4.79 Å². The Morgan fingerprint density at radius 1 is 1.37 bits per heavy atom. The van der Waals surface area contributed by atoms with Crippen LogP contribution in [0.5, 0.6) is 0 Å². The maximum atomic E-state index is 13.4. The maximum Gasteiger partial charge on any atom is 0.254 e. The third kappa shape index (κ3) is 4.90. The van der Waals surface area contributed by atoms with Crippen molar-refractivity contribution < 1.29 is 13.6 Å². The van der Waals surface area contributed by atoms with Crippen molar-refractivity contribution in [2.24, 2.45) is 5.41 Å². The molecule has 0 aliphatic heterocycles. The van der Waals surface area contributed by atoms with Crippen LogP contribution in [0, 0.1) is 17.0 Å². The van der Waals surface area contributed by atoms with Crippen LogP contribution < -0.4 is 5.32 Å². The van der Waals surface area contributed by atoms with Gasteiger partial charge in [0.25, 0.3) is 5.91 Å². The third-order valence-corrected chi connectivity index (χ3v) is 3.47. The number of hydrogen-bond donors (Lipinski definition) is 1. The van der Waals surface area contributed by atoms with Gasteiger partial charge in [0.05, 0.1) is 5.56 Å². The fourth-order valence-electron chi connectivity index (χ4n) is 1.73. The SMILES string of the molecule is CC(C)(CCCBr)CNC(=O)c1cccc(F)c1F. The molecule has 2 nitrogen and oxygen atoms in total. The highest BCUT2D eigenvalue weighted by molar-refractivity contribution is 9.09. The minimum atomic E-state index is -1.10. The van der Waals surface area contributed by atoms with Crippen molar-refractivity contribution in [2.45, 2.75) is 26.7 Å². The van der Waals surface area contributed by atoms with Crippen LogP contribution in [0.2, 0.25) is 0 Å². The van der Waals surface area contributed by atoms with Crippen molar-refractivity contribution in [3.8, 4) is 0 Å². The molecule has 0 aromatic heterocycles. The number of benzene rings is 1. The molecule has 0 radical (unpaired) electrons. The summed E-state index contributed by atoms with van der Waals surface area (Å²) in [7, 11) is 0. The monoisotopic (exact) mass is 333 g/mol. The van der Waals surface area contributed by atoms with Crippen LogP contribution in [-0.4, -0.2) is 17.8 Å². The van der Waals surface area contributed by atoms with Gasteiger partial charge in [-0.1, -0.05) is 35.8 Å². The normalized spacial score (nSPS) is 11.4. The Bertz CT molecular complexity index is 449. The third-order valence-electron chi connectivity index (χ3n) is 2.91. The minimum absolute atomic E-state index is 0.0762. The highest BCUT2D eigenvalue weighted by atomic mass is 79.9. The molecule has 1 N–H and O–H groups in total. The average Bonchev–Trinajstić information content (AvgIpc) is 2.37. The molecular formula is C14H18BrF2NO. The van der Waals surface area contributed by atoms with Gasteiger partial charge in [-0.2, -0.15) is 0 Å². The summed E-state index contributed by atoms with van der Waals surface area (Å²) in [5.74, 6) is -2.69. The lowest BCUT2D eigenvalue weighted by Crippen LogP contribution is -2.34. The van der Waals surface area contributed by atoms with E-state index in [4.69, 9.17) is 0 Å². The largest absolute Gasteiger partial charge is 0.351 e. The number of halogens is 3. The first-order valence-corrected chi connectivity index (χ1v) is 7.28. The summed E-state index contributed by atoms with van der Waals surface area (Å²) < 4.78 is 26.5.